The summed E-state index contributed by atoms with van der Waals surface area (Å²) in [4.78, 5) is 0. The lowest BCUT2D eigenvalue weighted by Crippen LogP contribution is -2.57. The molecule has 0 saturated heterocycles. The molecular formula is C22H36O3S. The highest BCUT2D eigenvalue weighted by atomic mass is 32.2. The Bertz CT molecular complexity index is 664. The second-order valence-electron chi connectivity index (χ2n) is 10.3. The van der Waals surface area contributed by atoms with Gasteiger partial charge < -0.3 is 10.2 Å². The Labute approximate surface area is 161 Å². The molecule has 0 spiro atoms. The monoisotopic (exact) mass is 380 g/mol. The number of aliphatic hydroxyl groups is 2. The van der Waals surface area contributed by atoms with Crippen molar-refractivity contribution in [3.05, 3.63) is 23.7 Å². The zero-order chi connectivity index (χ0) is 19.5. The van der Waals surface area contributed by atoms with E-state index in [-0.39, 0.29) is 33.5 Å². The third kappa shape index (κ3) is 2.87. The van der Waals surface area contributed by atoms with Gasteiger partial charge in [0.15, 0.2) is 0 Å². The fraction of sp³-hybridized carbons (Fsp3) is 0.818. The van der Waals surface area contributed by atoms with Crippen molar-refractivity contribution in [3.63, 3.8) is 0 Å². The van der Waals surface area contributed by atoms with Crippen LogP contribution in [0.15, 0.2) is 23.7 Å². The van der Waals surface area contributed by atoms with Crippen LogP contribution in [-0.4, -0.2) is 25.9 Å². The van der Waals surface area contributed by atoms with E-state index in [1.165, 1.54) is 25.3 Å². The fourth-order valence-electron chi connectivity index (χ4n) is 6.98. The Balaban J connectivity index is 2.03. The van der Waals surface area contributed by atoms with Crippen molar-refractivity contribution >= 4 is 10.8 Å². The minimum atomic E-state index is -1.14. The van der Waals surface area contributed by atoms with Gasteiger partial charge in [0.2, 0.25) is 0 Å². The normalized spacial score (nSPS) is 46.7. The van der Waals surface area contributed by atoms with Gasteiger partial charge in [-0.2, -0.15) is 0 Å². The van der Waals surface area contributed by atoms with E-state index in [0.717, 1.165) is 12.8 Å². The first-order valence-electron chi connectivity index (χ1n) is 10.1. The molecule has 26 heavy (non-hydrogen) atoms. The van der Waals surface area contributed by atoms with Crippen LogP contribution < -0.4 is 0 Å². The highest BCUT2D eigenvalue weighted by Gasteiger charge is 2.60. The van der Waals surface area contributed by atoms with Gasteiger partial charge in [-0.05, 0) is 59.8 Å². The molecule has 0 radical (unpaired) electrons. The highest BCUT2D eigenvalue weighted by Crippen LogP contribution is 2.66. The summed E-state index contributed by atoms with van der Waals surface area (Å²) in [5.41, 5.74) is 0.461. The summed E-state index contributed by atoms with van der Waals surface area (Å²) in [7, 11) is -1.14. The van der Waals surface area contributed by atoms with Crippen molar-refractivity contribution in [2.45, 2.75) is 72.0 Å². The summed E-state index contributed by atoms with van der Waals surface area (Å²) in [6.07, 6.45) is 10.8. The minimum absolute atomic E-state index is 0.0360. The lowest BCUT2D eigenvalue weighted by atomic mass is 9.41. The summed E-state index contributed by atoms with van der Waals surface area (Å²) in [6, 6.07) is 0. The highest BCUT2D eigenvalue weighted by molar-refractivity contribution is 7.85. The van der Waals surface area contributed by atoms with Crippen LogP contribution in [0.4, 0.5) is 0 Å². The number of aliphatic hydroxyl groups excluding tert-OH is 2. The summed E-state index contributed by atoms with van der Waals surface area (Å²) in [5, 5.41) is 20.4. The van der Waals surface area contributed by atoms with Gasteiger partial charge in [-0.1, -0.05) is 41.0 Å². The van der Waals surface area contributed by atoms with Crippen LogP contribution >= 0.6 is 0 Å². The number of allylic oxidation sites excluding steroid dienone is 2. The average molecular weight is 381 g/mol. The molecule has 3 aliphatic carbocycles. The number of hydrogen-bond acceptors (Lipinski definition) is 3. The van der Waals surface area contributed by atoms with Gasteiger partial charge in [0.1, 0.15) is 11.5 Å². The van der Waals surface area contributed by atoms with Gasteiger partial charge in [0, 0.05) is 29.0 Å². The zero-order valence-corrected chi connectivity index (χ0v) is 18.0. The zero-order valence-electron chi connectivity index (χ0n) is 17.2. The van der Waals surface area contributed by atoms with Crippen molar-refractivity contribution in [2.24, 2.45) is 34.0 Å². The number of rotatable bonds is 2. The van der Waals surface area contributed by atoms with E-state index in [9.17, 15) is 14.4 Å². The molecule has 2 N–H and O–H groups in total. The van der Waals surface area contributed by atoms with Crippen molar-refractivity contribution < 1.29 is 14.4 Å². The van der Waals surface area contributed by atoms with Crippen LogP contribution in [-0.2, 0) is 10.8 Å². The van der Waals surface area contributed by atoms with Gasteiger partial charge in [0.25, 0.3) is 0 Å². The van der Waals surface area contributed by atoms with Gasteiger partial charge in [0.05, 0.1) is 5.25 Å². The molecule has 2 fully saturated rings. The maximum Gasteiger partial charge on any atom is 0.116 e. The van der Waals surface area contributed by atoms with E-state index in [4.69, 9.17) is 0 Å². The fourth-order valence-corrected chi connectivity index (χ4v) is 8.14. The topological polar surface area (TPSA) is 57.5 Å². The predicted octanol–water partition coefficient (Wildman–Crippen LogP) is 5.52. The first kappa shape index (κ1) is 20.0. The lowest BCUT2D eigenvalue weighted by Gasteiger charge is -2.63. The molecule has 3 aliphatic rings. The van der Waals surface area contributed by atoms with Gasteiger partial charge >= 0.3 is 0 Å². The molecule has 4 heteroatoms. The van der Waals surface area contributed by atoms with Crippen LogP contribution in [0.2, 0.25) is 0 Å². The van der Waals surface area contributed by atoms with E-state index >= 15 is 0 Å². The molecule has 0 heterocycles. The second-order valence-corrected chi connectivity index (χ2v) is 11.8. The predicted molar refractivity (Wildman–Crippen MR) is 109 cm³/mol. The van der Waals surface area contributed by atoms with E-state index in [1.54, 1.807) is 12.3 Å². The van der Waals surface area contributed by atoms with Crippen molar-refractivity contribution in [3.8, 4) is 0 Å². The van der Waals surface area contributed by atoms with Crippen LogP contribution in [0.25, 0.3) is 0 Å². The van der Waals surface area contributed by atoms with E-state index in [2.05, 4.69) is 34.6 Å². The molecular weight excluding hydrogens is 344 g/mol. The Hall–Kier alpha value is -0.770. The SMILES string of the molecule is C[C@@H]1[C@@]2(C)CCCC(C)(C)[C@@H]2CC[C@@]1(C)C1C(O)=CC(O)=CC1S(C)=O. The van der Waals surface area contributed by atoms with E-state index in [1.807, 2.05) is 0 Å². The van der Waals surface area contributed by atoms with Crippen molar-refractivity contribution in [1.29, 1.82) is 0 Å². The minimum Gasteiger partial charge on any atom is -0.512 e. The quantitative estimate of drug-likeness (QED) is 0.663. The standard InChI is InChI=1S/C22H36O3S/c1-14-21(4)10-7-9-20(2,3)18(21)8-11-22(14,5)19-16(24)12-15(23)13-17(19)26(6)25/h12-14,17-19,23-24H,7-11H2,1-6H3/t14-,17?,18+,19?,21-,22-,26?/m1/s1. The van der Waals surface area contributed by atoms with Crippen molar-refractivity contribution in [1.82, 2.24) is 0 Å². The molecule has 148 valence electrons. The Morgan fingerprint density at radius 1 is 1.08 bits per heavy atom. The molecule has 0 aromatic rings. The summed E-state index contributed by atoms with van der Waals surface area (Å²) in [6.45, 7) is 11.9. The Morgan fingerprint density at radius 3 is 2.35 bits per heavy atom. The molecule has 0 aromatic heterocycles. The van der Waals surface area contributed by atoms with Crippen LogP contribution in [0.3, 0.4) is 0 Å². The third-order valence-electron chi connectivity index (χ3n) is 8.60. The van der Waals surface area contributed by atoms with Gasteiger partial charge in [-0.15, -0.1) is 0 Å². The molecule has 7 atom stereocenters. The van der Waals surface area contributed by atoms with Crippen LogP contribution in [0.1, 0.15) is 66.7 Å². The molecule has 0 aliphatic heterocycles. The summed E-state index contributed by atoms with van der Waals surface area (Å²) in [5.74, 6) is 1.15. The molecule has 0 amide bonds. The maximum atomic E-state index is 12.5. The smallest absolute Gasteiger partial charge is 0.116 e. The van der Waals surface area contributed by atoms with Crippen LogP contribution in [0, 0.1) is 34.0 Å². The van der Waals surface area contributed by atoms with Gasteiger partial charge in [-0.3, -0.25) is 4.21 Å². The number of fused-ring (bicyclic) bond motifs is 1. The third-order valence-corrected chi connectivity index (χ3v) is 9.77. The average Bonchev–Trinajstić information content (AvgIpc) is 2.50. The first-order valence-corrected chi connectivity index (χ1v) is 11.7. The molecule has 0 bridgehead atoms. The van der Waals surface area contributed by atoms with E-state index in [0.29, 0.717) is 17.3 Å². The maximum absolute atomic E-state index is 12.5. The second kappa shape index (κ2) is 6.39. The largest absolute Gasteiger partial charge is 0.512 e. The van der Waals surface area contributed by atoms with Gasteiger partial charge in [-0.25, -0.2) is 0 Å². The Kier molecular flexibility index (Phi) is 4.91. The molecule has 2 saturated carbocycles. The molecule has 3 rings (SSSR count). The Morgan fingerprint density at radius 2 is 1.73 bits per heavy atom. The molecule has 3 nitrogen and oxygen atoms in total. The van der Waals surface area contributed by atoms with Crippen molar-refractivity contribution in [2.75, 3.05) is 6.26 Å². The van der Waals surface area contributed by atoms with E-state index < -0.39 is 10.8 Å². The first-order chi connectivity index (χ1) is 11.9. The summed E-state index contributed by atoms with van der Waals surface area (Å²) < 4.78 is 12.5. The number of hydrogen-bond donors (Lipinski definition) is 2. The summed E-state index contributed by atoms with van der Waals surface area (Å²) >= 11 is 0. The lowest BCUT2D eigenvalue weighted by molar-refractivity contribution is -0.138. The van der Waals surface area contributed by atoms with Crippen LogP contribution in [0.5, 0.6) is 0 Å². The molecule has 3 unspecified atom stereocenters. The molecule has 0 aromatic carbocycles.